The Hall–Kier alpha value is -2.89. The first-order chi connectivity index (χ1) is 13.5. The van der Waals surface area contributed by atoms with Crippen molar-refractivity contribution in [2.75, 3.05) is 18.0 Å². The molecule has 0 unspecified atom stereocenters. The fourth-order valence-electron chi connectivity index (χ4n) is 4.01. The number of aromatic nitrogens is 1. The molecule has 0 spiro atoms. The second kappa shape index (κ2) is 7.62. The summed E-state index contributed by atoms with van der Waals surface area (Å²) in [5.41, 5.74) is 2.70. The van der Waals surface area contributed by atoms with E-state index in [-0.39, 0.29) is 30.0 Å². The van der Waals surface area contributed by atoms with Gasteiger partial charge >= 0.3 is 0 Å². The predicted octanol–water partition coefficient (Wildman–Crippen LogP) is 4.08. The number of piperidine rings is 1. The van der Waals surface area contributed by atoms with Gasteiger partial charge in [0.15, 0.2) is 0 Å². The average molecular weight is 383 g/mol. The molecule has 1 aliphatic rings. The van der Waals surface area contributed by atoms with Gasteiger partial charge in [-0.25, -0.2) is 8.78 Å². The molecule has 0 radical (unpaired) electrons. The number of carbonyl (C=O) groups excluding carboxylic acids is 1. The molecule has 1 saturated heterocycles. The number of aryl methyl sites for hydroxylation is 1. The first-order valence-electron chi connectivity index (χ1n) is 9.57. The number of benzene rings is 2. The van der Waals surface area contributed by atoms with Crippen LogP contribution >= 0.6 is 0 Å². The zero-order chi connectivity index (χ0) is 19.7. The molecule has 4 rings (SSSR count). The molecule has 4 nitrogen and oxygen atoms in total. The minimum absolute atomic E-state index is 0.0674. The van der Waals surface area contributed by atoms with Crippen LogP contribution in [0.3, 0.4) is 0 Å². The Morgan fingerprint density at radius 2 is 1.82 bits per heavy atom. The zero-order valence-corrected chi connectivity index (χ0v) is 15.8. The summed E-state index contributed by atoms with van der Waals surface area (Å²) in [6.45, 7) is 3.25. The predicted molar refractivity (Wildman–Crippen MR) is 106 cm³/mol. The molecule has 0 aliphatic carbocycles. The van der Waals surface area contributed by atoms with Gasteiger partial charge in [0.2, 0.25) is 5.91 Å². The molecule has 1 fully saturated rings. The van der Waals surface area contributed by atoms with Gasteiger partial charge in [0, 0.05) is 30.2 Å². The summed E-state index contributed by atoms with van der Waals surface area (Å²) in [6, 6.07) is 11.7. The normalized spacial score (nSPS) is 15.2. The molecule has 0 bridgehead atoms. The molecule has 146 valence electrons. The lowest BCUT2D eigenvalue weighted by Crippen LogP contribution is -2.45. The number of fused-ring (bicyclic) bond motifs is 1. The van der Waals surface area contributed by atoms with Gasteiger partial charge in [0.1, 0.15) is 11.6 Å². The second-order valence-electron chi connectivity index (χ2n) is 7.35. The summed E-state index contributed by atoms with van der Waals surface area (Å²) in [7, 11) is 0. The van der Waals surface area contributed by atoms with Gasteiger partial charge in [-0.05, 0) is 43.5 Å². The third kappa shape index (κ3) is 3.59. The van der Waals surface area contributed by atoms with Gasteiger partial charge in [-0.1, -0.05) is 24.3 Å². The number of aromatic amines is 1. The fourth-order valence-corrected chi connectivity index (χ4v) is 4.01. The number of nitrogens with zero attached hydrogens (tertiary/aromatic N) is 1. The summed E-state index contributed by atoms with van der Waals surface area (Å²) in [6.07, 6.45) is 1.74. The highest BCUT2D eigenvalue weighted by atomic mass is 19.1. The number of H-pyrrole nitrogens is 1. The summed E-state index contributed by atoms with van der Waals surface area (Å²) in [5.74, 6) is -0.600. The molecule has 3 aromatic rings. The summed E-state index contributed by atoms with van der Waals surface area (Å²) in [5, 5.41) is 3.84. The van der Waals surface area contributed by atoms with Crippen LogP contribution in [0, 0.1) is 18.6 Å². The van der Waals surface area contributed by atoms with E-state index < -0.39 is 0 Å². The minimum Gasteiger partial charge on any atom is -0.369 e. The van der Waals surface area contributed by atoms with E-state index in [9.17, 15) is 13.6 Å². The molecule has 0 atom stereocenters. The number of amides is 1. The Morgan fingerprint density at radius 3 is 2.57 bits per heavy atom. The van der Waals surface area contributed by atoms with Gasteiger partial charge in [-0.15, -0.1) is 0 Å². The van der Waals surface area contributed by atoms with Crippen LogP contribution in [-0.4, -0.2) is 30.0 Å². The Kier molecular flexibility index (Phi) is 5.03. The molecular weight excluding hydrogens is 360 g/mol. The molecule has 1 amide bonds. The lowest BCUT2D eigenvalue weighted by atomic mass is 10.0. The lowest BCUT2D eigenvalue weighted by Gasteiger charge is -2.34. The van der Waals surface area contributed by atoms with Crippen molar-refractivity contribution in [2.24, 2.45) is 0 Å². The van der Waals surface area contributed by atoms with E-state index in [1.807, 2.05) is 24.0 Å². The molecule has 1 aliphatic heterocycles. The van der Waals surface area contributed by atoms with Gasteiger partial charge in [0.25, 0.3) is 0 Å². The van der Waals surface area contributed by atoms with Crippen LogP contribution in [0.2, 0.25) is 0 Å². The quantitative estimate of drug-likeness (QED) is 0.713. The number of hydrogen-bond donors (Lipinski definition) is 2. The van der Waals surface area contributed by atoms with E-state index in [1.54, 1.807) is 18.2 Å². The van der Waals surface area contributed by atoms with Gasteiger partial charge < -0.3 is 15.2 Å². The highest BCUT2D eigenvalue weighted by Gasteiger charge is 2.23. The van der Waals surface area contributed by atoms with Crippen LogP contribution in [0.25, 0.3) is 10.9 Å². The first kappa shape index (κ1) is 18.5. The van der Waals surface area contributed by atoms with Crippen molar-refractivity contribution in [3.63, 3.8) is 0 Å². The number of nitrogens with one attached hydrogen (secondary N) is 2. The Bertz CT molecular complexity index is 1010. The average Bonchev–Trinajstić information content (AvgIpc) is 3.00. The maximum atomic E-state index is 13.9. The molecule has 1 aromatic heterocycles. The summed E-state index contributed by atoms with van der Waals surface area (Å²) in [4.78, 5) is 17.6. The molecule has 2 aromatic carbocycles. The Labute approximate surface area is 162 Å². The standard InChI is InChI=1S/C22H23F2N3O/c1-14-17(16-5-4-7-19(24)22(16)25-14)13-21(28)26-15-9-11-27(12-10-15)20-8-3-2-6-18(20)23/h2-8,15,25H,9-13H2,1H3,(H,26,28). The van der Waals surface area contributed by atoms with Crippen molar-refractivity contribution in [3.05, 3.63) is 65.4 Å². The smallest absolute Gasteiger partial charge is 0.224 e. The largest absolute Gasteiger partial charge is 0.369 e. The highest BCUT2D eigenvalue weighted by Crippen LogP contribution is 2.25. The first-order valence-corrected chi connectivity index (χ1v) is 9.57. The maximum absolute atomic E-state index is 13.9. The topological polar surface area (TPSA) is 48.1 Å². The van der Waals surface area contributed by atoms with Crippen LogP contribution in [-0.2, 0) is 11.2 Å². The van der Waals surface area contributed by atoms with Crippen LogP contribution < -0.4 is 10.2 Å². The number of halogens is 2. The number of rotatable bonds is 4. The van der Waals surface area contributed by atoms with Gasteiger partial charge in [-0.2, -0.15) is 0 Å². The van der Waals surface area contributed by atoms with Crippen molar-refractivity contribution in [2.45, 2.75) is 32.2 Å². The van der Waals surface area contributed by atoms with E-state index in [1.165, 1.54) is 12.1 Å². The van der Waals surface area contributed by atoms with Crippen LogP contribution in [0.5, 0.6) is 0 Å². The van der Waals surface area contributed by atoms with Crippen molar-refractivity contribution >= 4 is 22.5 Å². The van der Waals surface area contributed by atoms with Crippen LogP contribution in [0.1, 0.15) is 24.1 Å². The van der Waals surface area contributed by atoms with Crippen molar-refractivity contribution < 1.29 is 13.6 Å². The second-order valence-corrected chi connectivity index (χ2v) is 7.35. The minimum atomic E-state index is -0.312. The number of carbonyl (C=O) groups is 1. The van der Waals surface area contributed by atoms with E-state index in [2.05, 4.69) is 10.3 Å². The summed E-state index contributed by atoms with van der Waals surface area (Å²) >= 11 is 0. The van der Waals surface area contributed by atoms with Crippen LogP contribution in [0.15, 0.2) is 42.5 Å². The number of anilines is 1. The van der Waals surface area contributed by atoms with E-state index >= 15 is 0 Å². The molecule has 2 N–H and O–H groups in total. The Morgan fingerprint density at radius 1 is 1.11 bits per heavy atom. The van der Waals surface area contributed by atoms with E-state index in [0.29, 0.717) is 24.3 Å². The highest BCUT2D eigenvalue weighted by molar-refractivity contribution is 5.90. The zero-order valence-electron chi connectivity index (χ0n) is 15.8. The fraction of sp³-hybridized carbons (Fsp3) is 0.318. The molecule has 6 heteroatoms. The number of para-hydroxylation sites is 2. The van der Waals surface area contributed by atoms with Crippen molar-refractivity contribution in [1.29, 1.82) is 0 Å². The molecule has 0 saturated carbocycles. The van der Waals surface area contributed by atoms with Gasteiger partial charge in [-0.3, -0.25) is 4.79 Å². The SMILES string of the molecule is Cc1[nH]c2c(F)cccc2c1CC(=O)NC1CCN(c2ccccc2F)CC1. The molecule has 2 heterocycles. The van der Waals surface area contributed by atoms with E-state index in [0.717, 1.165) is 29.5 Å². The van der Waals surface area contributed by atoms with E-state index in [4.69, 9.17) is 0 Å². The summed E-state index contributed by atoms with van der Waals surface area (Å²) < 4.78 is 27.9. The van der Waals surface area contributed by atoms with Crippen molar-refractivity contribution in [3.8, 4) is 0 Å². The lowest BCUT2D eigenvalue weighted by molar-refractivity contribution is -0.121. The maximum Gasteiger partial charge on any atom is 0.224 e. The third-order valence-electron chi connectivity index (χ3n) is 5.49. The van der Waals surface area contributed by atoms with Crippen molar-refractivity contribution in [1.82, 2.24) is 10.3 Å². The third-order valence-corrected chi connectivity index (χ3v) is 5.49. The molecular formula is C22H23F2N3O. The Balaban J connectivity index is 1.38. The number of hydrogen-bond acceptors (Lipinski definition) is 2. The van der Waals surface area contributed by atoms with Gasteiger partial charge in [0.05, 0.1) is 17.6 Å². The molecule has 28 heavy (non-hydrogen) atoms. The van der Waals surface area contributed by atoms with Crippen LogP contribution in [0.4, 0.5) is 14.5 Å². The monoisotopic (exact) mass is 383 g/mol.